The molecule has 0 radical (unpaired) electrons. The van der Waals surface area contributed by atoms with Gasteiger partial charge in [-0.3, -0.25) is 4.79 Å². The van der Waals surface area contributed by atoms with E-state index >= 15 is 0 Å². The van der Waals surface area contributed by atoms with Gasteiger partial charge in [0, 0.05) is 44.7 Å². The minimum Gasteiger partial charge on any atom is -0.381 e. The molecule has 1 unspecified atom stereocenters. The van der Waals surface area contributed by atoms with E-state index in [-0.39, 0.29) is 11.8 Å². The number of aromatic nitrogens is 3. The first-order valence-corrected chi connectivity index (χ1v) is 11.4. The minimum absolute atomic E-state index is 0.0560. The van der Waals surface area contributed by atoms with Gasteiger partial charge in [-0.15, -0.1) is 0 Å². The summed E-state index contributed by atoms with van der Waals surface area (Å²) in [7, 11) is 0. The van der Waals surface area contributed by atoms with Crippen LogP contribution in [0.2, 0.25) is 0 Å². The Hall–Kier alpha value is -2.84. The summed E-state index contributed by atoms with van der Waals surface area (Å²) in [5.41, 5.74) is 1.30. The molecule has 0 bridgehead atoms. The van der Waals surface area contributed by atoms with Gasteiger partial charge in [0.2, 0.25) is 5.89 Å². The molecule has 168 valence electrons. The molecule has 1 aromatic carbocycles. The van der Waals surface area contributed by atoms with Crippen molar-refractivity contribution in [2.75, 3.05) is 39.5 Å². The lowest BCUT2D eigenvalue weighted by Gasteiger charge is -2.21. The van der Waals surface area contributed by atoms with Gasteiger partial charge in [-0.2, -0.15) is 4.98 Å². The first-order valence-electron chi connectivity index (χ1n) is 11.4. The summed E-state index contributed by atoms with van der Waals surface area (Å²) < 4.78 is 16.7. The third-order valence-electron chi connectivity index (χ3n) is 6.29. The number of nitrogens with zero attached hydrogens (tertiary/aromatic N) is 4. The molecule has 32 heavy (non-hydrogen) atoms. The Morgan fingerprint density at radius 3 is 2.88 bits per heavy atom. The molecule has 5 rings (SSSR count). The average Bonchev–Trinajstić information content (AvgIpc) is 3.52. The number of para-hydroxylation sites is 1. The Bertz CT molecular complexity index is 1060. The SMILES string of the molecule is O=C(c1ccc2ccccc2n1)N1CCC(c2nc(CCOCC3CCOCC3)no2)C1. The molecular weight excluding hydrogens is 408 g/mol. The lowest BCUT2D eigenvalue weighted by molar-refractivity contribution is 0.0211. The van der Waals surface area contributed by atoms with Gasteiger partial charge in [-0.05, 0) is 37.3 Å². The second kappa shape index (κ2) is 9.75. The first-order chi connectivity index (χ1) is 15.8. The Balaban J connectivity index is 1.12. The molecule has 2 aliphatic heterocycles. The molecule has 4 heterocycles. The molecule has 0 spiro atoms. The molecule has 2 fully saturated rings. The standard InChI is InChI=1S/C24H28N4O4/c29-24(21-6-5-18-3-1-2-4-20(18)25-21)28-11-7-19(15-28)23-26-22(27-32-23)10-14-31-16-17-8-12-30-13-9-17/h1-6,17,19H,7-16H2. The van der Waals surface area contributed by atoms with Gasteiger partial charge in [-0.25, -0.2) is 4.98 Å². The molecule has 0 aliphatic carbocycles. The van der Waals surface area contributed by atoms with E-state index in [2.05, 4.69) is 15.1 Å². The highest BCUT2D eigenvalue weighted by Gasteiger charge is 2.32. The van der Waals surface area contributed by atoms with Crippen molar-refractivity contribution in [1.82, 2.24) is 20.0 Å². The number of carbonyl (C=O) groups excluding carboxylic acids is 1. The van der Waals surface area contributed by atoms with E-state index in [4.69, 9.17) is 14.0 Å². The van der Waals surface area contributed by atoms with Gasteiger partial charge >= 0.3 is 0 Å². The van der Waals surface area contributed by atoms with Crippen LogP contribution in [-0.4, -0.2) is 65.4 Å². The van der Waals surface area contributed by atoms with Crippen molar-refractivity contribution in [3.8, 4) is 0 Å². The van der Waals surface area contributed by atoms with Gasteiger partial charge in [0.05, 0.1) is 18.0 Å². The highest BCUT2D eigenvalue weighted by Crippen LogP contribution is 2.27. The molecule has 1 atom stereocenters. The highest BCUT2D eigenvalue weighted by molar-refractivity contribution is 5.95. The van der Waals surface area contributed by atoms with Gasteiger partial charge in [-0.1, -0.05) is 29.4 Å². The topological polar surface area (TPSA) is 90.6 Å². The summed E-state index contributed by atoms with van der Waals surface area (Å²) in [4.78, 5) is 23.9. The third kappa shape index (κ3) is 4.81. The van der Waals surface area contributed by atoms with E-state index in [1.807, 2.05) is 35.2 Å². The van der Waals surface area contributed by atoms with Crippen molar-refractivity contribution in [2.45, 2.75) is 31.6 Å². The smallest absolute Gasteiger partial charge is 0.272 e. The number of carbonyl (C=O) groups is 1. The van der Waals surface area contributed by atoms with Crippen LogP contribution in [0.25, 0.3) is 10.9 Å². The molecule has 3 aromatic rings. The van der Waals surface area contributed by atoms with Crippen molar-refractivity contribution >= 4 is 16.8 Å². The van der Waals surface area contributed by atoms with Crippen molar-refractivity contribution in [1.29, 1.82) is 0 Å². The maximum Gasteiger partial charge on any atom is 0.272 e. The van der Waals surface area contributed by atoms with Crippen molar-refractivity contribution in [2.24, 2.45) is 5.92 Å². The zero-order valence-corrected chi connectivity index (χ0v) is 18.1. The Labute approximate surface area is 186 Å². The summed E-state index contributed by atoms with van der Waals surface area (Å²) in [5, 5.41) is 5.13. The fourth-order valence-electron chi connectivity index (χ4n) is 4.35. The van der Waals surface area contributed by atoms with Crippen LogP contribution < -0.4 is 0 Å². The molecule has 8 heteroatoms. The van der Waals surface area contributed by atoms with Crippen LogP contribution >= 0.6 is 0 Å². The molecule has 8 nitrogen and oxygen atoms in total. The van der Waals surface area contributed by atoms with Crippen LogP contribution in [0.5, 0.6) is 0 Å². The van der Waals surface area contributed by atoms with Gasteiger partial charge in [0.15, 0.2) is 5.82 Å². The van der Waals surface area contributed by atoms with E-state index in [1.54, 1.807) is 6.07 Å². The second-order valence-electron chi connectivity index (χ2n) is 8.56. The van der Waals surface area contributed by atoms with Crippen LogP contribution in [0.1, 0.15) is 47.4 Å². The molecule has 0 N–H and O–H groups in total. The maximum absolute atomic E-state index is 13.0. The van der Waals surface area contributed by atoms with Crippen molar-refractivity contribution in [3.63, 3.8) is 0 Å². The molecule has 2 saturated heterocycles. The maximum atomic E-state index is 13.0. The predicted octanol–water partition coefficient (Wildman–Crippen LogP) is 3.23. The summed E-state index contributed by atoms with van der Waals surface area (Å²) in [6, 6.07) is 11.5. The minimum atomic E-state index is -0.0560. The van der Waals surface area contributed by atoms with E-state index in [1.165, 1.54) is 0 Å². The van der Waals surface area contributed by atoms with Gasteiger partial charge in [0.1, 0.15) is 5.69 Å². The third-order valence-corrected chi connectivity index (χ3v) is 6.29. The summed E-state index contributed by atoms with van der Waals surface area (Å²) in [6.07, 6.45) is 3.57. The average molecular weight is 437 g/mol. The van der Waals surface area contributed by atoms with Crippen LogP contribution in [0.4, 0.5) is 0 Å². The number of rotatable bonds is 7. The molecule has 2 aromatic heterocycles. The number of likely N-dealkylation sites (tertiary alicyclic amines) is 1. The predicted molar refractivity (Wildman–Crippen MR) is 117 cm³/mol. The van der Waals surface area contributed by atoms with E-state index in [9.17, 15) is 4.79 Å². The molecular formula is C24H28N4O4. The zero-order valence-electron chi connectivity index (χ0n) is 18.1. The van der Waals surface area contributed by atoms with E-state index < -0.39 is 0 Å². The lowest BCUT2D eigenvalue weighted by atomic mass is 10.0. The number of pyridine rings is 1. The second-order valence-corrected chi connectivity index (χ2v) is 8.56. The Morgan fingerprint density at radius 2 is 1.97 bits per heavy atom. The summed E-state index contributed by atoms with van der Waals surface area (Å²) in [6.45, 7) is 4.23. The first kappa shape index (κ1) is 21.0. The molecule has 0 saturated carbocycles. The van der Waals surface area contributed by atoms with Crippen LogP contribution in [0.15, 0.2) is 40.9 Å². The quantitative estimate of drug-likeness (QED) is 0.525. The lowest BCUT2D eigenvalue weighted by Crippen LogP contribution is -2.29. The van der Waals surface area contributed by atoms with Crippen molar-refractivity contribution in [3.05, 3.63) is 53.8 Å². The van der Waals surface area contributed by atoms with Crippen LogP contribution in [0, 0.1) is 5.92 Å². The zero-order chi connectivity index (χ0) is 21.8. The number of fused-ring (bicyclic) bond motifs is 1. The Morgan fingerprint density at radius 1 is 1.09 bits per heavy atom. The fraction of sp³-hybridized carbons (Fsp3) is 0.500. The van der Waals surface area contributed by atoms with Gasteiger partial charge in [0.25, 0.3) is 5.91 Å². The highest BCUT2D eigenvalue weighted by atomic mass is 16.5. The summed E-state index contributed by atoms with van der Waals surface area (Å²) >= 11 is 0. The molecule has 2 aliphatic rings. The number of amides is 1. The largest absolute Gasteiger partial charge is 0.381 e. The number of hydrogen-bond donors (Lipinski definition) is 0. The van der Waals surface area contributed by atoms with Crippen LogP contribution in [0.3, 0.4) is 0 Å². The summed E-state index contributed by atoms with van der Waals surface area (Å²) in [5.74, 6) is 1.85. The van der Waals surface area contributed by atoms with Crippen molar-refractivity contribution < 1.29 is 18.8 Å². The van der Waals surface area contributed by atoms with Crippen LogP contribution in [-0.2, 0) is 15.9 Å². The number of hydrogen-bond acceptors (Lipinski definition) is 7. The number of ether oxygens (including phenoxy) is 2. The van der Waals surface area contributed by atoms with E-state index in [0.717, 1.165) is 50.0 Å². The monoisotopic (exact) mass is 436 g/mol. The van der Waals surface area contributed by atoms with Gasteiger partial charge < -0.3 is 18.9 Å². The fourth-order valence-corrected chi connectivity index (χ4v) is 4.35. The Kier molecular flexibility index (Phi) is 6.41. The number of benzene rings is 1. The van der Waals surface area contributed by atoms with E-state index in [0.29, 0.717) is 49.4 Å². The normalized spacial score (nSPS) is 19.6. The molecule has 1 amide bonds.